The van der Waals surface area contributed by atoms with Gasteiger partial charge in [-0.1, -0.05) is 13.2 Å². The molecular formula is C12H20N2O4. The average Bonchev–Trinajstić information content (AvgIpc) is 2.40. The average molecular weight is 256 g/mol. The van der Waals surface area contributed by atoms with Gasteiger partial charge in [0.2, 0.25) is 5.91 Å². The van der Waals surface area contributed by atoms with Crippen molar-refractivity contribution in [2.24, 2.45) is 0 Å². The van der Waals surface area contributed by atoms with Gasteiger partial charge in [0.15, 0.2) is 0 Å². The first-order valence-electron chi connectivity index (χ1n) is 5.50. The molecule has 6 nitrogen and oxygen atoms in total. The van der Waals surface area contributed by atoms with Crippen molar-refractivity contribution in [1.82, 2.24) is 9.80 Å². The maximum Gasteiger partial charge on any atom is 0.250 e. The van der Waals surface area contributed by atoms with E-state index in [0.29, 0.717) is 6.54 Å². The van der Waals surface area contributed by atoms with Crippen LogP contribution in [0, 0.1) is 0 Å². The van der Waals surface area contributed by atoms with E-state index in [1.807, 2.05) is 0 Å². The number of carbonyl (C=O) groups excluding carboxylic acids is 1. The topological polar surface area (TPSA) is 84.2 Å². The first-order valence-corrected chi connectivity index (χ1v) is 5.50. The second-order valence-electron chi connectivity index (χ2n) is 3.44. The van der Waals surface area contributed by atoms with Gasteiger partial charge < -0.3 is 20.2 Å². The molecule has 0 radical (unpaired) electrons. The lowest BCUT2D eigenvalue weighted by Crippen LogP contribution is -2.41. The highest BCUT2D eigenvalue weighted by molar-refractivity contribution is 5.87. The van der Waals surface area contributed by atoms with Crippen LogP contribution in [0.5, 0.6) is 0 Å². The molecule has 0 spiro atoms. The zero-order valence-electron chi connectivity index (χ0n) is 10.3. The summed E-state index contributed by atoms with van der Waals surface area (Å²) in [5.41, 5.74) is 0. The van der Waals surface area contributed by atoms with Crippen molar-refractivity contribution in [2.75, 3.05) is 26.2 Å². The highest BCUT2D eigenvalue weighted by Gasteiger charge is 2.14. The van der Waals surface area contributed by atoms with E-state index in [4.69, 9.17) is 10.2 Å². The molecule has 0 aromatic heterocycles. The summed E-state index contributed by atoms with van der Waals surface area (Å²) in [4.78, 5) is 14.2. The third-order valence-electron chi connectivity index (χ3n) is 2.30. The molecule has 1 amide bonds. The van der Waals surface area contributed by atoms with E-state index in [-0.39, 0.29) is 25.6 Å². The Balaban J connectivity index is 4.49. The standard InChI is InChI=1S/C12H20N2O4/c1-3-11(17)13(7-9-15)5-6-14(8-10-16)12(18)4-2/h3-4,7,9,12,15-16,18H,1-2,5-6,8,10H2/b9-7+. The van der Waals surface area contributed by atoms with Crippen LogP contribution in [0.25, 0.3) is 0 Å². The first-order chi connectivity index (χ1) is 8.60. The highest BCUT2D eigenvalue weighted by Crippen LogP contribution is 2.00. The first kappa shape index (κ1) is 16.4. The van der Waals surface area contributed by atoms with Gasteiger partial charge in [0.25, 0.3) is 0 Å². The van der Waals surface area contributed by atoms with E-state index in [2.05, 4.69) is 13.2 Å². The number of nitrogens with zero attached hydrogens (tertiary/aromatic N) is 2. The maximum atomic E-state index is 11.4. The summed E-state index contributed by atoms with van der Waals surface area (Å²) < 4.78 is 0. The summed E-state index contributed by atoms with van der Waals surface area (Å²) in [6, 6.07) is 0. The maximum absolute atomic E-state index is 11.4. The van der Waals surface area contributed by atoms with E-state index in [0.717, 1.165) is 12.3 Å². The van der Waals surface area contributed by atoms with Crippen LogP contribution in [0.15, 0.2) is 37.8 Å². The molecule has 1 atom stereocenters. The summed E-state index contributed by atoms with van der Waals surface area (Å²) in [5, 5.41) is 27.1. The molecule has 0 aliphatic heterocycles. The van der Waals surface area contributed by atoms with Gasteiger partial charge in [-0.15, -0.1) is 0 Å². The van der Waals surface area contributed by atoms with Gasteiger partial charge in [0.05, 0.1) is 12.9 Å². The monoisotopic (exact) mass is 256 g/mol. The zero-order chi connectivity index (χ0) is 14.0. The molecule has 102 valence electrons. The van der Waals surface area contributed by atoms with Crippen LogP contribution in [-0.4, -0.2) is 63.5 Å². The minimum Gasteiger partial charge on any atom is -0.514 e. The minimum atomic E-state index is -0.893. The van der Waals surface area contributed by atoms with Crippen molar-refractivity contribution in [1.29, 1.82) is 0 Å². The molecule has 0 saturated carbocycles. The Kier molecular flexibility index (Phi) is 8.55. The van der Waals surface area contributed by atoms with Gasteiger partial charge in [0, 0.05) is 25.8 Å². The lowest BCUT2D eigenvalue weighted by Gasteiger charge is -2.27. The second-order valence-corrected chi connectivity index (χ2v) is 3.44. The Bertz CT molecular complexity index is 304. The van der Waals surface area contributed by atoms with E-state index >= 15 is 0 Å². The Labute approximate surface area is 107 Å². The van der Waals surface area contributed by atoms with Crippen molar-refractivity contribution in [3.05, 3.63) is 37.8 Å². The van der Waals surface area contributed by atoms with Crippen LogP contribution < -0.4 is 0 Å². The summed E-state index contributed by atoms with van der Waals surface area (Å²) in [6.07, 6.45) is 3.52. The van der Waals surface area contributed by atoms with Crippen molar-refractivity contribution in [3.63, 3.8) is 0 Å². The molecular weight excluding hydrogens is 236 g/mol. The number of rotatable bonds is 9. The van der Waals surface area contributed by atoms with Crippen molar-refractivity contribution < 1.29 is 20.1 Å². The van der Waals surface area contributed by atoms with E-state index in [1.165, 1.54) is 17.2 Å². The largest absolute Gasteiger partial charge is 0.514 e. The molecule has 0 saturated heterocycles. The Hall–Kier alpha value is -1.63. The number of hydrogen-bond acceptors (Lipinski definition) is 5. The molecule has 0 fully saturated rings. The van der Waals surface area contributed by atoms with Crippen LogP contribution in [0.1, 0.15) is 0 Å². The normalized spacial score (nSPS) is 12.6. The molecule has 3 N–H and O–H groups in total. The molecule has 0 aliphatic rings. The lowest BCUT2D eigenvalue weighted by molar-refractivity contribution is -0.124. The smallest absolute Gasteiger partial charge is 0.250 e. The highest BCUT2D eigenvalue weighted by atomic mass is 16.3. The lowest BCUT2D eigenvalue weighted by atomic mass is 10.3. The van der Waals surface area contributed by atoms with Crippen LogP contribution >= 0.6 is 0 Å². The SMILES string of the molecule is C=CC(=O)N(/C=C/O)CCN(CCO)C(O)C=C. The molecule has 0 bridgehead atoms. The summed E-state index contributed by atoms with van der Waals surface area (Å²) in [7, 11) is 0. The third-order valence-corrected chi connectivity index (χ3v) is 2.30. The Morgan fingerprint density at radius 3 is 2.39 bits per heavy atom. The molecule has 0 aromatic rings. The van der Waals surface area contributed by atoms with Crippen molar-refractivity contribution >= 4 is 5.91 Å². The Morgan fingerprint density at radius 1 is 1.28 bits per heavy atom. The second kappa shape index (κ2) is 9.41. The predicted molar refractivity (Wildman–Crippen MR) is 68.5 cm³/mol. The van der Waals surface area contributed by atoms with Gasteiger partial charge >= 0.3 is 0 Å². The molecule has 6 heteroatoms. The molecule has 18 heavy (non-hydrogen) atoms. The van der Waals surface area contributed by atoms with Crippen molar-refractivity contribution in [2.45, 2.75) is 6.23 Å². The number of aliphatic hydroxyl groups is 3. The van der Waals surface area contributed by atoms with Crippen LogP contribution in [0.2, 0.25) is 0 Å². The van der Waals surface area contributed by atoms with Crippen LogP contribution in [-0.2, 0) is 4.79 Å². The molecule has 1 unspecified atom stereocenters. The van der Waals surface area contributed by atoms with Gasteiger partial charge in [0.1, 0.15) is 6.23 Å². The number of aliphatic hydroxyl groups excluding tert-OH is 3. The summed E-state index contributed by atoms with van der Waals surface area (Å²) in [5.74, 6) is -0.364. The fraction of sp³-hybridized carbons (Fsp3) is 0.417. The number of hydrogen-bond donors (Lipinski definition) is 3. The molecule has 0 aliphatic carbocycles. The van der Waals surface area contributed by atoms with E-state index < -0.39 is 6.23 Å². The van der Waals surface area contributed by atoms with Gasteiger partial charge in [-0.05, 0) is 12.2 Å². The molecule has 0 heterocycles. The summed E-state index contributed by atoms with van der Waals surface area (Å²) >= 11 is 0. The number of amides is 1. The molecule has 0 rings (SSSR count). The fourth-order valence-electron chi connectivity index (χ4n) is 1.35. The van der Waals surface area contributed by atoms with Gasteiger partial charge in [-0.25, -0.2) is 0 Å². The minimum absolute atomic E-state index is 0.115. The Morgan fingerprint density at radius 2 is 1.94 bits per heavy atom. The number of carbonyl (C=O) groups is 1. The quantitative estimate of drug-likeness (QED) is 0.231. The third kappa shape index (κ3) is 5.62. The molecule has 0 aromatic carbocycles. The van der Waals surface area contributed by atoms with E-state index in [9.17, 15) is 9.90 Å². The predicted octanol–water partition coefficient (Wildman–Crippen LogP) is -0.171. The van der Waals surface area contributed by atoms with E-state index in [1.54, 1.807) is 4.90 Å². The zero-order valence-corrected chi connectivity index (χ0v) is 10.3. The van der Waals surface area contributed by atoms with Crippen LogP contribution in [0.4, 0.5) is 0 Å². The summed E-state index contributed by atoms with van der Waals surface area (Å²) in [6.45, 7) is 7.51. The van der Waals surface area contributed by atoms with Gasteiger partial charge in [-0.2, -0.15) is 0 Å². The van der Waals surface area contributed by atoms with Crippen LogP contribution in [0.3, 0.4) is 0 Å². The van der Waals surface area contributed by atoms with Crippen molar-refractivity contribution in [3.8, 4) is 0 Å². The fourth-order valence-corrected chi connectivity index (χ4v) is 1.35. The van der Waals surface area contributed by atoms with Gasteiger partial charge in [-0.3, -0.25) is 9.69 Å².